The van der Waals surface area contributed by atoms with Gasteiger partial charge in [0.05, 0.1) is 11.4 Å². The Morgan fingerprint density at radius 2 is 1.96 bits per heavy atom. The first kappa shape index (κ1) is 17.1. The molecule has 0 unspecified atom stereocenters. The molecule has 0 spiro atoms. The van der Waals surface area contributed by atoms with Crippen molar-refractivity contribution in [3.05, 3.63) is 57.2 Å². The number of benzene rings is 2. The highest BCUT2D eigenvalue weighted by Crippen LogP contribution is 2.29. The zero-order valence-corrected chi connectivity index (χ0v) is 16.3. The Morgan fingerprint density at radius 1 is 1.17 bits per heavy atom. The number of hydrogen-bond acceptors (Lipinski definition) is 5. The van der Waals surface area contributed by atoms with Crippen molar-refractivity contribution in [3.63, 3.8) is 0 Å². The predicted octanol–water partition coefficient (Wildman–Crippen LogP) is 3.30. The van der Waals surface area contributed by atoms with Gasteiger partial charge >= 0.3 is 0 Å². The Morgan fingerprint density at radius 3 is 2.67 bits per heavy atom. The number of anilines is 1. The van der Waals surface area contributed by atoms with Crippen molar-refractivity contribution >= 4 is 47.6 Å². The number of sulfonamides is 1. The summed E-state index contributed by atoms with van der Waals surface area (Å²) in [5.74, 6) is 0. The molecule has 7 nitrogen and oxygen atoms in total. The van der Waals surface area contributed by atoms with Crippen LogP contribution in [0.2, 0.25) is 0 Å². The number of halogens is 2. The third-order valence-electron chi connectivity index (χ3n) is 3.33. The quantitative estimate of drug-likeness (QED) is 0.629. The number of aromatic nitrogens is 4. The molecule has 0 bridgehead atoms. The summed E-state index contributed by atoms with van der Waals surface area (Å²) in [6.07, 6.45) is 1.45. The molecule has 2 aromatic carbocycles. The summed E-state index contributed by atoms with van der Waals surface area (Å²) in [6.45, 7) is 1.80. The molecule has 3 aromatic rings. The minimum atomic E-state index is -3.76. The number of hydrogen-bond donors (Lipinski definition) is 1. The molecule has 0 amide bonds. The first-order valence-corrected chi connectivity index (χ1v) is 9.76. The number of rotatable bonds is 4. The lowest BCUT2D eigenvalue weighted by atomic mass is 10.1. The SMILES string of the molecule is Cc1c(NS(=O)(=O)c2cc(Br)ccc2Br)cccc1-n1cnnn1. The van der Waals surface area contributed by atoms with Crippen LogP contribution < -0.4 is 4.72 Å². The van der Waals surface area contributed by atoms with Gasteiger partial charge in [-0.15, -0.1) is 5.10 Å². The van der Waals surface area contributed by atoms with Crippen molar-refractivity contribution in [2.75, 3.05) is 4.72 Å². The van der Waals surface area contributed by atoms with Gasteiger partial charge in [-0.25, -0.2) is 13.1 Å². The molecular weight excluding hydrogens is 462 g/mol. The van der Waals surface area contributed by atoms with E-state index in [9.17, 15) is 8.42 Å². The van der Waals surface area contributed by atoms with Crippen LogP contribution in [0, 0.1) is 6.92 Å². The average Bonchev–Trinajstić information content (AvgIpc) is 3.05. The van der Waals surface area contributed by atoms with Crippen LogP contribution in [0.3, 0.4) is 0 Å². The van der Waals surface area contributed by atoms with Crippen LogP contribution in [0.1, 0.15) is 5.56 Å². The summed E-state index contributed by atoms with van der Waals surface area (Å²) in [5, 5.41) is 11.0. The van der Waals surface area contributed by atoms with E-state index in [4.69, 9.17) is 0 Å². The van der Waals surface area contributed by atoms with Crippen LogP contribution in [0.4, 0.5) is 5.69 Å². The fourth-order valence-electron chi connectivity index (χ4n) is 2.14. The van der Waals surface area contributed by atoms with Gasteiger partial charge in [0, 0.05) is 8.95 Å². The second-order valence-electron chi connectivity index (χ2n) is 4.88. The summed E-state index contributed by atoms with van der Waals surface area (Å²) >= 11 is 6.56. The molecule has 0 aliphatic carbocycles. The van der Waals surface area contributed by atoms with Crippen LogP contribution in [-0.4, -0.2) is 28.6 Å². The Hall–Kier alpha value is -1.78. The summed E-state index contributed by atoms with van der Waals surface area (Å²) in [4.78, 5) is 0.143. The van der Waals surface area contributed by atoms with E-state index < -0.39 is 10.0 Å². The molecule has 1 heterocycles. The molecule has 3 rings (SSSR count). The monoisotopic (exact) mass is 471 g/mol. The molecular formula is C14H11Br2N5O2S. The Labute approximate surface area is 155 Å². The van der Waals surface area contributed by atoms with E-state index in [1.54, 1.807) is 37.3 Å². The molecule has 0 saturated heterocycles. The van der Waals surface area contributed by atoms with Crippen LogP contribution in [-0.2, 0) is 10.0 Å². The fourth-order valence-corrected chi connectivity index (χ4v) is 4.76. The van der Waals surface area contributed by atoms with Crippen LogP contribution in [0.5, 0.6) is 0 Å². The van der Waals surface area contributed by atoms with Gasteiger partial charge in [0.2, 0.25) is 0 Å². The van der Waals surface area contributed by atoms with Gasteiger partial charge in [-0.05, 0) is 69.2 Å². The maximum absolute atomic E-state index is 12.7. The zero-order valence-electron chi connectivity index (χ0n) is 12.3. The second kappa shape index (κ2) is 6.61. The van der Waals surface area contributed by atoms with Crippen LogP contribution in [0.25, 0.3) is 5.69 Å². The highest BCUT2D eigenvalue weighted by Gasteiger charge is 2.20. The maximum atomic E-state index is 12.7. The normalized spacial score (nSPS) is 11.5. The maximum Gasteiger partial charge on any atom is 0.263 e. The highest BCUT2D eigenvalue weighted by molar-refractivity contribution is 9.11. The van der Waals surface area contributed by atoms with Gasteiger partial charge in [-0.3, -0.25) is 4.72 Å². The minimum absolute atomic E-state index is 0.143. The third kappa shape index (κ3) is 3.35. The molecule has 0 aliphatic heterocycles. The molecule has 1 aromatic heterocycles. The lowest BCUT2D eigenvalue weighted by Crippen LogP contribution is -2.15. The largest absolute Gasteiger partial charge is 0.279 e. The van der Waals surface area contributed by atoms with Crippen LogP contribution in [0.15, 0.2) is 56.6 Å². The minimum Gasteiger partial charge on any atom is -0.279 e. The lowest BCUT2D eigenvalue weighted by molar-refractivity contribution is 0.600. The molecule has 0 saturated carbocycles. The van der Waals surface area contributed by atoms with Crippen molar-refractivity contribution in [2.45, 2.75) is 11.8 Å². The third-order valence-corrected chi connectivity index (χ3v) is 6.18. The molecule has 24 heavy (non-hydrogen) atoms. The van der Waals surface area contributed by atoms with Gasteiger partial charge < -0.3 is 0 Å². The molecule has 10 heteroatoms. The van der Waals surface area contributed by atoms with E-state index in [1.165, 1.54) is 17.1 Å². The smallest absolute Gasteiger partial charge is 0.263 e. The van der Waals surface area contributed by atoms with Gasteiger partial charge in [0.15, 0.2) is 0 Å². The molecule has 1 N–H and O–H groups in total. The summed E-state index contributed by atoms with van der Waals surface area (Å²) in [7, 11) is -3.76. The number of nitrogens with zero attached hydrogens (tertiary/aromatic N) is 4. The Balaban J connectivity index is 2.02. The van der Waals surface area contributed by atoms with Crippen molar-refractivity contribution in [3.8, 4) is 5.69 Å². The summed E-state index contributed by atoms with van der Waals surface area (Å²) in [6, 6.07) is 10.2. The van der Waals surface area contributed by atoms with Gasteiger partial charge in [-0.1, -0.05) is 22.0 Å². The van der Waals surface area contributed by atoms with Gasteiger partial charge in [0.1, 0.15) is 11.2 Å². The predicted molar refractivity (Wildman–Crippen MR) is 96.5 cm³/mol. The van der Waals surface area contributed by atoms with Crippen molar-refractivity contribution in [1.82, 2.24) is 20.2 Å². The van der Waals surface area contributed by atoms with E-state index in [2.05, 4.69) is 52.1 Å². The summed E-state index contributed by atoms with van der Waals surface area (Å²) < 4.78 is 30.7. The van der Waals surface area contributed by atoms with Crippen LogP contribution >= 0.6 is 31.9 Å². The lowest BCUT2D eigenvalue weighted by Gasteiger charge is -2.14. The van der Waals surface area contributed by atoms with E-state index in [0.29, 0.717) is 25.9 Å². The van der Waals surface area contributed by atoms with E-state index in [1.807, 2.05) is 0 Å². The van der Waals surface area contributed by atoms with Gasteiger partial charge in [-0.2, -0.15) is 0 Å². The van der Waals surface area contributed by atoms with Crippen molar-refractivity contribution in [2.24, 2.45) is 0 Å². The molecule has 124 valence electrons. The highest BCUT2D eigenvalue weighted by atomic mass is 79.9. The topological polar surface area (TPSA) is 89.8 Å². The zero-order chi connectivity index (χ0) is 17.3. The summed E-state index contributed by atoms with van der Waals surface area (Å²) in [5.41, 5.74) is 1.85. The Kier molecular flexibility index (Phi) is 4.70. The van der Waals surface area contributed by atoms with E-state index >= 15 is 0 Å². The van der Waals surface area contributed by atoms with E-state index in [-0.39, 0.29) is 4.90 Å². The number of nitrogens with one attached hydrogen (secondary N) is 1. The molecule has 0 atom stereocenters. The molecule has 0 radical (unpaired) electrons. The van der Waals surface area contributed by atoms with Crippen molar-refractivity contribution < 1.29 is 8.42 Å². The fraction of sp³-hybridized carbons (Fsp3) is 0.0714. The standard InChI is InChI=1S/C14H11Br2N5O2S/c1-9-12(3-2-4-13(9)21-8-17-19-20-21)18-24(22,23)14-7-10(15)5-6-11(14)16/h2-8,18H,1H3. The second-order valence-corrected chi connectivity index (χ2v) is 8.31. The Bertz CT molecular complexity index is 990. The average molecular weight is 473 g/mol. The number of tetrazole rings is 1. The molecule has 0 aliphatic rings. The van der Waals surface area contributed by atoms with Crippen molar-refractivity contribution in [1.29, 1.82) is 0 Å². The first-order chi connectivity index (χ1) is 11.4. The first-order valence-electron chi connectivity index (χ1n) is 6.69. The molecule has 0 fully saturated rings. The van der Waals surface area contributed by atoms with E-state index in [0.717, 1.165) is 0 Å². The van der Waals surface area contributed by atoms with Gasteiger partial charge in [0.25, 0.3) is 10.0 Å².